The number of nitrogens with one attached hydrogen (secondary N) is 1. The molecule has 1 saturated heterocycles. The molecule has 2 nitrogen and oxygen atoms in total. The van der Waals surface area contributed by atoms with Gasteiger partial charge in [0, 0.05) is 18.6 Å². The summed E-state index contributed by atoms with van der Waals surface area (Å²) in [4.78, 5) is 2.63. The molecule has 0 aliphatic carbocycles. The van der Waals surface area contributed by atoms with Crippen LogP contribution in [0.2, 0.25) is 0 Å². The molecule has 0 spiro atoms. The van der Waals surface area contributed by atoms with Gasteiger partial charge in [0.15, 0.2) is 0 Å². The van der Waals surface area contributed by atoms with Crippen LogP contribution in [0.25, 0.3) is 0 Å². The van der Waals surface area contributed by atoms with Crippen LogP contribution in [0.4, 0.5) is 0 Å². The predicted molar refractivity (Wildman–Crippen MR) is 82.5 cm³/mol. The van der Waals surface area contributed by atoms with Crippen molar-refractivity contribution in [2.75, 3.05) is 19.6 Å². The van der Waals surface area contributed by atoms with Gasteiger partial charge in [0.1, 0.15) is 0 Å². The molecular weight excluding hydrogens is 232 g/mol. The maximum absolute atomic E-state index is 3.61. The largest absolute Gasteiger partial charge is 0.313 e. The molecule has 1 heterocycles. The van der Waals surface area contributed by atoms with Gasteiger partial charge in [-0.1, -0.05) is 30.3 Å². The lowest BCUT2D eigenvalue weighted by molar-refractivity contribution is 0.200. The van der Waals surface area contributed by atoms with E-state index in [1.165, 1.54) is 50.9 Å². The quantitative estimate of drug-likeness (QED) is 0.810. The molecule has 2 heteroatoms. The van der Waals surface area contributed by atoms with E-state index in [1.54, 1.807) is 0 Å². The van der Waals surface area contributed by atoms with Gasteiger partial charge in [-0.05, 0) is 58.2 Å². The van der Waals surface area contributed by atoms with Crippen molar-refractivity contribution in [1.29, 1.82) is 0 Å². The number of rotatable bonds is 7. The predicted octanol–water partition coefficient (Wildman–Crippen LogP) is 3.08. The molecule has 0 bridgehead atoms. The van der Waals surface area contributed by atoms with Gasteiger partial charge in [-0.2, -0.15) is 0 Å². The van der Waals surface area contributed by atoms with Crippen LogP contribution in [0.3, 0.4) is 0 Å². The van der Waals surface area contributed by atoms with E-state index in [0.29, 0.717) is 6.04 Å². The Bertz CT molecular complexity index is 342. The molecule has 1 unspecified atom stereocenters. The maximum Gasteiger partial charge on any atom is 0.0195 e. The Kier molecular flexibility index (Phi) is 5.87. The van der Waals surface area contributed by atoms with Crippen molar-refractivity contribution in [3.8, 4) is 0 Å². The molecule has 0 radical (unpaired) electrons. The van der Waals surface area contributed by atoms with Gasteiger partial charge in [0.25, 0.3) is 0 Å². The minimum atomic E-state index is 0.651. The molecule has 1 atom stereocenters. The molecule has 1 N–H and O–H groups in total. The average Bonchev–Trinajstić information content (AvgIpc) is 2.91. The number of hydrogen-bond donors (Lipinski definition) is 1. The first-order chi connectivity index (χ1) is 9.25. The van der Waals surface area contributed by atoms with Gasteiger partial charge in [-0.25, -0.2) is 0 Å². The van der Waals surface area contributed by atoms with Gasteiger partial charge in [-0.15, -0.1) is 0 Å². The third-order valence-corrected chi connectivity index (χ3v) is 4.10. The van der Waals surface area contributed by atoms with Crippen LogP contribution in [-0.4, -0.2) is 36.6 Å². The van der Waals surface area contributed by atoms with Gasteiger partial charge in [0.05, 0.1) is 0 Å². The zero-order valence-corrected chi connectivity index (χ0v) is 12.4. The third kappa shape index (κ3) is 4.96. The van der Waals surface area contributed by atoms with Crippen LogP contribution in [-0.2, 0) is 6.42 Å². The summed E-state index contributed by atoms with van der Waals surface area (Å²) in [7, 11) is 0. The molecule has 106 valence electrons. The molecule has 19 heavy (non-hydrogen) atoms. The van der Waals surface area contributed by atoms with Crippen molar-refractivity contribution in [3.05, 3.63) is 35.9 Å². The summed E-state index contributed by atoms with van der Waals surface area (Å²) in [6, 6.07) is 12.2. The minimum Gasteiger partial charge on any atom is -0.313 e. The molecular formula is C17H28N2. The highest BCUT2D eigenvalue weighted by Crippen LogP contribution is 2.11. The Balaban J connectivity index is 1.73. The molecule has 2 rings (SSSR count). The van der Waals surface area contributed by atoms with Crippen molar-refractivity contribution in [2.24, 2.45) is 0 Å². The fourth-order valence-electron chi connectivity index (χ4n) is 2.89. The highest BCUT2D eigenvalue weighted by Gasteiger charge is 2.19. The summed E-state index contributed by atoms with van der Waals surface area (Å²) in [5.41, 5.74) is 1.46. The minimum absolute atomic E-state index is 0.651. The fraction of sp³-hybridized carbons (Fsp3) is 0.647. The normalized spacial score (nSPS) is 19.5. The Hall–Kier alpha value is -0.860. The second kappa shape index (κ2) is 7.66. The number of nitrogens with zero attached hydrogens (tertiary/aromatic N) is 1. The van der Waals surface area contributed by atoms with Gasteiger partial charge < -0.3 is 5.32 Å². The van der Waals surface area contributed by atoms with Crippen LogP contribution >= 0.6 is 0 Å². The molecule has 0 amide bonds. The highest BCUT2D eigenvalue weighted by atomic mass is 15.2. The summed E-state index contributed by atoms with van der Waals surface area (Å²) in [6.07, 6.45) is 5.15. The van der Waals surface area contributed by atoms with E-state index in [1.807, 2.05) is 0 Å². The van der Waals surface area contributed by atoms with E-state index in [2.05, 4.69) is 54.4 Å². The molecule has 0 saturated carbocycles. The van der Waals surface area contributed by atoms with Crippen molar-refractivity contribution in [3.63, 3.8) is 0 Å². The van der Waals surface area contributed by atoms with E-state index < -0.39 is 0 Å². The Morgan fingerprint density at radius 2 is 2.05 bits per heavy atom. The summed E-state index contributed by atoms with van der Waals surface area (Å²) < 4.78 is 0. The fourth-order valence-corrected chi connectivity index (χ4v) is 2.89. The molecule has 1 aliphatic rings. The maximum atomic E-state index is 3.61. The number of hydrogen-bond acceptors (Lipinski definition) is 2. The monoisotopic (exact) mass is 260 g/mol. The summed E-state index contributed by atoms with van der Waals surface area (Å²) in [5, 5.41) is 3.61. The van der Waals surface area contributed by atoms with Crippen LogP contribution in [0.1, 0.15) is 38.7 Å². The van der Waals surface area contributed by atoms with Crippen molar-refractivity contribution in [2.45, 2.75) is 51.6 Å². The van der Waals surface area contributed by atoms with Crippen LogP contribution < -0.4 is 5.32 Å². The van der Waals surface area contributed by atoms with Gasteiger partial charge in [-0.3, -0.25) is 4.90 Å². The average molecular weight is 260 g/mol. The molecule has 1 aromatic rings. The first-order valence-electron chi connectivity index (χ1n) is 7.77. The lowest BCUT2D eigenvalue weighted by Crippen LogP contribution is -2.41. The van der Waals surface area contributed by atoms with Gasteiger partial charge >= 0.3 is 0 Å². The van der Waals surface area contributed by atoms with E-state index in [9.17, 15) is 0 Å². The van der Waals surface area contributed by atoms with Gasteiger partial charge in [0.2, 0.25) is 0 Å². The Morgan fingerprint density at radius 1 is 1.26 bits per heavy atom. The topological polar surface area (TPSA) is 15.3 Å². The summed E-state index contributed by atoms with van der Waals surface area (Å²) in [6.45, 7) is 8.27. The summed E-state index contributed by atoms with van der Waals surface area (Å²) >= 11 is 0. The second-order valence-electron chi connectivity index (χ2n) is 5.97. The Morgan fingerprint density at radius 3 is 2.68 bits per heavy atom. The molecule has 1 aromatic carbocycles. The van der Waals surface area contributed by atoms with E-state index in [0.717, 1.165) is 6.04 Å². The standard InChI is InChI=1S/C17H28N2/c1-15(2)19(14-17-11-6-12-18-17)13-7-10-16-8-4-3-5-9-16/h3-5,8-9,15,17-18H,6-7,10-14H2,1-2H3. The second-order valence-corrected chi connectivity index (χ2v) is 5.97. The Labute approximate surface area is 118 Å². The van der Waals surface area contributed by atoms with Crippen LogP contribution in [0.15, 0.2) is 30.3 Å². The third-order valence-electron chi connectivity index (χ3n) is 4.10. The van der Waals surface area contributed by atoms with E-state index in [-0.39, 0.29) is 0 Å². The lowest BCUT2D eigenvalue weighted by atomic mass is 10.1. The van der Waals surface area contributed by atoms with Crippen molar-refractivity contribution >= 4 is 0 Å². The molecule has 0 aromatic heterocycles. The highest BCUT2D eigenvalue weighted by molar-refractivity contribution is 5.14. The van der Waals surface area contributed by atoms with E-state index in [4.69, 9.17) is 0 Å². The molecule has 1 aliphatic heterocycles. The zero-order chi connectivity index (χ0) is 13.5. The SMILES string of the molecule is CC(C)N(CCCc1ccccc1)CC1CCCN1. The molecule has 1 fully saturated rings. The number of aryl methyl sites for hydroxylation is 1. The van der Waals surface area contributed by atoms with Crippen molar-refractivity contribution < 1.29 is 0 Å². The smallest absolute Gasteiger partial charge is 0.0195 e. The summed E-state index contributed by atoms with van der Waals surface area (Å²) in [5.74, 6) is 0. The first-order valence-corrected chi connectivity index (χ1v) is 7.77. The lowest BCUT2D eigenvalue weighted by Gasteiger charge is -2.29. The van der Waals surface area contributed by atoms with Crippen molar-refractivity contribution in [1.82, 2.24) is 10.2 Å². The zero-order valence-electron chi connectivity index (χ0n) is 12.4. The van der Waals surface area contributed by atoms with E-state index >= 15 is 0 Å². The van der Waals surface area contributed by atoms with Crippen LogP contribution in [0, 0.1) is 0 Å². The number of benzene rings is 1. The first kappa shape index (κ1) is 14.5. The van der Waals surface area contributed by atoms with Crippen LogP contribution in [0.5, 0.6) is 0 Å².